The molecule has 2 aromatic rings. The Labute approximate surface area is 105 Å². The van der Waals surface area contributed by atoms with Gasteiger partial charge in [0.05, 0.1) is 11.4 Å². The standard InChI is InChI=1S/C12H17N3OS/c1-3-4-7-15(2)9-11-13-12(14-16-11)10-6-5-8-17-10/h5-6,8H,3-4,7,9H2,1-2H3. The summed E-state index contributed by atoms with van der Waals surface area (Å²) in [6, 6.07) is 3.99. The summed E-state index contributed by atoms with van der Waals surface area (Å²) in [5, 5.41) is 6.00. The lowest BCUT2D eigenvalue weighted by Gasteiger charge is -2.12. The van der Waals surface area contributed by atoms with Gasteiger partial charge in [-0.05, 0) is 31.5 Å². The number of aromatic nitrogens is 2. The van der Waals surface area contributed by atoms with Crippen LogP contribution in [0.25, 0.3) is 10.7 Å². The van der Waals surface area contributed by atoms with Crippen LogP contribution in [0.3, 0.4) is 0 Å². The minimum atomic E-state index is 0.687. The fraction of sp³-hybridized carbons (Fsp3) is 0.500. The van der Waals surface area contributed by atoms with Crippen LogP contribution in [-0.4, -0.2) is 28.6 Å². The predicted molar refractivity (Wildman–Crippen MR) is 68.9 cm³/mol. The van der Waals surface area contributed by atoms with Crippen molar-refractivity contribution in [1.82, 2.24) is 15.0 Å². The van der Waals surface area contributed by atoms with Crippen LogP contribution in [0.5, 0.6) is 0 Å². The first-order chi connectivity index (χ1) is 8.29. The van der Waals surface area contributed by atoms with E-state index in [0.717, 1.165) is 18.0 Å². The Hall–Kier alpha value is -1.20. The molecule has 4 nitrogen and oxygen atoms in total. The van der Waals surface area contributed by atoms with E-state index in [-0.39, 0.29) is 0 Å². The van der Waals surface area contributed by atoms with Gasteiger partial charge in [-0.2, -0.15) is 4.98 Å². The Morgan fingerprint density at radius 2 is 2.35 bits per heavy atom. The molecule has 0 saturated carbocycles. The lowest BCUT2D eigenvalue weighted by atomic mass is 10.3. The van der Waals surface area contributed by atoms with Crippen molar-refractivity contribution in [2.45, 2.75) is 26.3 Å². The van der Waals surface area contributed by atoms with Gasteiger partial charge in [-0.25, -0.2) is 0 Å². The molecule has 0 spiro atoms. The van der Waals surface area contributed by atoms with Crippen LogP contribution in [0.15, 0.2) is 22.0 Å². The lowest BCUT2D eigenvalue weighted by molar-refractivity contribution is 0.264. The first-order valence-electron chi connectivity index (χ1n) is 5.84. The van der Waals surface area contributed by atoms with Gasteiger partial charge in [0.2, 0.25) is 11.7 Å². The van der Waals surface area contributed by atoms with E-state index in [1.54, 1.807) is 11.3 Å². The van der Waals surface area contributed by atoms with Crippen LogP contribution < -0.4 is 0 Å². The summed E-state index contributed by atoms with van der Waals surface area (Å²) in [5.74, 6) is 1.38. The van der Waals surface area contributed by atoms with E-state index in [1.807, 2.05) is 17.5 Å². The largest absolute Gasteiger partial charge is 0.338 e. The molecule has 0 aliphatic rings. The molecule has 0 unspecified atom stereocenters. The summed E-state index contributed by atoms with van der Waals surface area (Å²) >= 11 is 1.62. The maximum atomic E-state index is 5.24. The maximum Gasteiger partial charge on any atom is 0.241 e. The Balaban J connectivity index is 1.94. The zero-order chi connectivity index (χ0) is 12.1. The van der Waals surface area contributed by atoms with E-state index in [4.69, 9.17) is 4.52 Å². The topological polar surface area (TPSA) is 42.2 Å². The van der Waals surface area contributed by atoms with Crippen LogP contribution in [0.4, 0.5) is 0 Å². The maximum absolute atomic E-state index is 5.24. The predicted octanol–water partition coefficient (Wildman–Crippen LogP) is 3.03. The van der Waals surface area contributed by atoms with Gasteiger partial charge in [-0.15, -0.1) is 11.3 Å². The van der Waals surface area contributed by atoms with Gasteiger partial charge in [-0.3, -0.25) is 4.90 Å². The summed E-state index contributed by atoms with van der Waals surface area (Å²) in [6.45, 7) is 3.97. The average Bonchev–Trinajstić information content (AvgIpc) is 2.95. The molecule has 0 N–H and O–H groups in total. The monoisotopic (exact) mass is 251 g/mol. The summed E-state index contributed by atoms with van der Waals surface area (Å²) in [6.07, 6.45) is 2.40. The smallest absolute Gasteiger partial charge is 0.241 e. The Kier molecular flexibility index (Phi) is 4.28. The van der Waals surface area contributed by atoms with Gasteiger partial charge in [-0.1, -0.05) is 24.6 Å². The molecule has 0 amide bonds. The average molecular weight is 251 g/mol. The third-order valence-corrected chi connectivity index (χ3v) is 3.37. The minimum absolute atomic E-state index is 0.687. The van der Waals surface area contributed by atoms with Crippen molar-refractivity contribution in [1.29, 1.82) is 0 Å². The SMILES string of the molecule is CCCCN(C)Cc1nc(-c2cccs2)no1. The van der Waals surface area contributed by atoms with Gasteiger partial charge in [0.15, 0.2) is 0 Å². The third kappa shape index (κ3) is 3.38. The first kappa shape index (κ1) is 12.3. The molecule has 17 heavy (non-hydrogen) atoms. The van der Waals surface area contributed by atoms with Gasteiger partial charge >= 0.3 is 0 Å². The number of thiophene rings is 1. The zero-order valence-electron chi connectivity index (χ0n) is 10.2. The molecule has 0 atom stereocenters. The normalized spacial score (nSPS) is 11.2. The van der Waals surface area contributed by atoms with Crippen molar-refractivity contribution >= 4 is 11.3 Å². The number of hydrogen-bond donors (Lipinski definition) is 0. The van der Waals surface area contributed by atoms with E-state index >= 15 is 0 Å². The molecule has 2 rings (SSSR count). The van der Waals surface area contributed by atoms with Gasteiger partial charge in [0.25, 0.3) is 0 Å². The molecular formula is C12H17N3OS. The quantitative estimate of drug-likeness (QED) is 0.791. The first-order valence-corrected chi connectivity index (χ1v) is 6.72. The van der Waals surface area contributed by atoms with E-state index in [0.29, 0.717) is 11.7 Å². The van der Waals surface area contributed by atoms with Crippen molar-refractivity contribution < 1.29 is 4.52 Å². The lowest BCUT2D eigenvalue weighted by Crippen LogP contribution is -2.19. The van der Waals surface area contributed by atoms with E-state index in [2.05, 4.69) is 29.0 Å². The highest BCUT2D eigenvalue weighted by atomic mass is 32.1. The minimum Gasteiger partial charge on any atom is -0.338 e. The molecule has 92 valence electrons. The molecule has 5 heteroatoms. The number of rotatable bonds is 6. The van der Waals surface area contributed by atoms with Crippen molar-refractivity contribution in [3.8, 4) is 10.7 Å². The number of hydrogen-bond acceptors (Lipinski definition) is 5. The highest BCUT2D eigenvalue weighted by Crippen LogP contribution is 2.21. The van der Waals surface area contributed by atoms with Crippen molar-refractivity contribution in [3.63, 3.8) is 0 Å². The van der Waals surface area contributed by atoms with Gasteiger partial charge in [0, 0.05) is 0 Å². The van der Waals surface area contributed by atoms with Gasteiger partial charge in [0.1, 0.15) is 0 Å². The van der Waals surface area contributed by atoms with E-state index < -0.39 is 0 Å². The second kappa shape index (κ2) is 5.93. The molecule has 0 aliphatic heterocycles. The Morgan fingerprint density at radius 3 is 3.06 bits per heavy atom. The van der Waals surface area contributed by atoms with E-state index in [1.165, 1.54) is 12.8 Å². The molecular weight excluding hydrogens is 234 g/mol. The van der Waals surface area contributed by atoms with Crippen LogP contribution in [0.2, 0.25) is 0 Å². The molecule has 0 bridgehead atoms. The van der Waals surface area contributed by atoms with Crippen LogP contribution in [0.1, 0.15) is 25.7 Å². The molecule has 0 aliphatic carbocycles. The Morgan fingerprint density at radius 1 is 1.47 bits per heavy atom. The zero-order valence-corrected chi connectivity index (χ0v) is 11.0. The van der Waals surface area contributed by atoms with Crippen LogP contribution in [-0.2, 0) is 6.54 Å². The summed E-state index contributed by atoms with van der Waals surface area (Å²) < 4.78 is 5.24. The summed E-state index contributed by atoms with van der Waals surface area (Å²) in [7, 11) is 2.07. The fourth-order valence-electron chi connectivity index (χ4n) is 1.56. The number of nitrogens with zero attached hydrogens (tertiary/aromatic N) is 3. The molecule has 0 aromatic carbocycles. The highest BCUT2D eigenvalue weighted by molar-refractivity contribution is 7.13. The third-order valence-electron chi connectivity index (χ3n) is 2.51. The van der Waals surface area contributed by atoms with Crippen molar-refractivity contribution in [3.05, 3.63) is 23.4 Å². The number of unbranched alkanes of at least 4 members (excludes halogenated alkanes) is 1. The van der Waals surface area contributed by atoms with Crippen molar-refractivity contribution in [2.75, 3.05) is 13.6 Å². The molecule has 0 radical (unpaired) electrons. The van der Waals surface area contributed by atoms with Gasteiger partial charge < -0.3 is 4.52 Å². The highest BCUT2D eigenvalue weighted by Gasteiger charge is 2.10. The second-order valence-corrected chi connectivity index (χ2v) is 5.03. The Bertz CT molecular complexity index is 438. The molecule has 0 fully saturated rings. The van der Waals surface area contributed by atoms with Crippen LogP contribution in [0, 0.1) is 0 Å². The van der Waals surface area contributed by atoms with Crippen LogP contribution >= 0.6 is 11.3 Å². The molecule has 0 saturated heterocycles. The molecule has 2 heterocycles. The fourth-order valence-corrected chi connectivity index (χ4v) is 2.21. The summed E-state index contributed by atoms with van der Waals surface area (Å²) in [5.41, 5.74) is 0. The van der Waals surface area contributed by atoms with E-state index in [9.17, 15) is 0 Å². The van der Waals surface area contributed by atoms with Crippen molar-refractivity contribution in [2.24, 2.45) is 0 Å². The molecule has 2 aromatic heterocycles. The summed E-state index contributed by atoms with van der Waals surface area (Å²) in [4.78, 5) is 7.65. The second-order valence-electron chi connectivity index (χ2n) is 4.08.